The van der Waals surface area contributed by atoms with Crippen LogP contribution in [-0.2, 0) is 4.79 Å². The highest BCUT2D eigenvalue weighted by Gasteiger charge is 2.20. The smallest absolute Gasteiger partial charge is 0.231 e. The second-order valence-corrected chi connectivity index (χ2v) is 6.59. The van der Waals surface area contributed by atoms with Crippen LogP contribution in [-0.4, -0.2) is 41.5 Å². The lowest BCUT2D eigenvalue weighted by Crippen LogP contribution is -2.42. The van der Waals surface area contributed by atoms with Crippen LogP contribution in [0.5, 0.6) is 0 Å². The summed E-state index contributed by atoms with van der Waals surface area (Å²) in [4.78, 5) is 18.7. The molecule has 0 atom stereocenters. The van der Waals surface area contributed by atoms with E-state index >= 15 is 0 Å². The van der Waals surface area contributed by atoms with Gasteiger partial charge in [-0.25, -0.2) is 4.98 Å². The largest absolute Gasteiger partial charge is 0.369 e. The zero-order valence-electron chi connectivity index (χ0n) is 12.4. The first-order chi connectivity index (χ1) is 10.7. The van der Waals surface area contributed by atoms with Gasteiger partial charge in [-0.1, -0.05) is 41.7 Å². The van der Waals surface area contributed by atoms with Crippen molar-refractivity contribution in [2.24, 2.45) is 5.73 Å². The third kappa shape index (κ3) is 3.84. The molecule has 3 N–H and O–H groups in total. The average Bonchev–Trinajstić information content (AvgIpc) is 2.98. The summed E-state index contributed by atoms with van der Waals surface area (Å²) in [5, 5.41) is 4.47. The van der Waals surface area contributed by atoms with Crippen molar-refractivity contribution in [3.8, 4) is 10.4 Å². The summed E-state index contributed by atoms with van der Waals surface area (Å²) in [7, 11) is 0. The molecule has 1 saturated heterocycles. The summed E-state index contributed by atoms with van der Waals surface area (Å²) >= 11 is 1.68. The minimum atomic E-state index is -0.251. The minimum Gasteiger partial charge on any atom is -0.369 e. The number of aromatic nitrogens is 1. The maximum atomic E-state index is 10.9. The molecule has 1 fully saturated rings. The van der Waals surface area contributed by atoms with E-state index in [1.807, 2.05) is 24.4 Å². The molecule has 0 unspecified atom stereocenters. The number of nitrogens with two attached hydrogens (primary N) is 1. The first kappa shape index (κ1) is 15.0. The van der Waals surface area contributed by atoms with Gasteiger partial charge in [-0.05, 0) is 18.4 Å². The molecular weight excluding hydrogens is 296 g/mol. The van der Waals surface area contributed by atoms with E-state index < -0.39 is 0 Å². The van der Waals surface area contributed by atoms with E-state index in [-0.39, 0.29) is 5.91 Å². The molecule has 3 rings (SSSR count). The van der Waals surface area contributed by atoms with E-state index in [4.69, 9.17) is 5.73 Å². The van der Waals surface area contributed by atoms with Crippen molar-refractivity contribution in [3.63, 3.8) is 0 Å². The van der Waals surface area contributed by atoms with Crippen molar-refractivity contribution in [2.45, 2.75) is 18.9 Å². The average molecular weight is 316 g/mol. The molecule has 0 saturated carbocycles. The Morgan fingerprint density at radius 1 is 1.32 bits per heavy atom. The fraction of sp³-hybridized carbons (Fsp3) is 0.375. The maximum Gasteiger partial charge on any atom is 0.231 e. The summed E-state index contributed by atoms with van der Waals surface area (Å²) in [6.45, 7) is 2.16. The number of primary amides is 1. The Morgan fingerprint density at radius 2 is 2.05 bits per heavy atom. The standard InChI is InChI=1S/C16H20N4OS/c17-15(21)11-20-8-6-13(7-9-20)19-16-18-10-14(22-16)12-4-2-1-3-5-12/h1-5,10,13H,6-9,11H2,(H2,17,21)(H,18,19). The van der Waals surface area contributed by atoms with Gasteiger partial charge in [0.05, 0.1) is 11.4 Å². The van der Waals surface area contributed by atoms with Crippen LogP contribution in [0.1, 0.15) is 12.8 Å². The number of nitrogens with one attached hydrogen (secondary N) is 1. The number of benzene rings is 1. The fourth-order valence-electron chi connectivity index (χ4n) is 2.71. The SMILES string of the molecule is NC(=O)CN1CCC(Nc2ncc(-c3ccccc3)s2)CC1. The van der Waals surface area contributed by atoms with Crippen LogP contribution in [0.15, 0.2) is 36.5 Å². The van der Waals surface area contributed by atoms with Crippen LogP contribution < -0.4 is 11.1 Å². The molecule has 116 valence electrons. The van der Waals surface area contributed by atoms with Gasteiger partial charge in [-0.3, -0.25) is 9.69 Å². The fourth-order valence-corrected chi connectivity index (χ4v) is 3.61. The van der Waals surface area contributed by atoms with Crippen molar-refractivity contribution in [2.75, 3.05) is 25.0 Å². The van der Waals surface area contributed by atoms with Crippen molar-refractivity contribution in [3.05, 3.63) is 36.5 Å². The highest BCUT2D eigenvalue weighted by Crippen LogP contribution is 2.29. The molecule has 1 aromatic heterocycles. The number of piperidine rings is 1. The first-order valence-electron chi connectivity index (χ1n) is 7.49. The van der Waals surface area contributed by atoms with Crippen LogP contribution >= 0.6 is 11.3 Å². The van der Waals surface area contributed by atoms with Crippen molar-refractivity contribution in [1.29, 1.82) is 0 Å². The number of likely N-dealkylation sites (tertiary alicyclic amines) is 1. The molecule has 0 radical (unpaired) electrons. The summed E-state index contributed by atoms with van der Waals surface area (Å²) in [5.74, 6) is -0.251. The lowest BCUT2D eigenvalue weighted by Gasteiger charge is -2.31. The molecule has 2 aromatic rings. The van der Waals surface area contributed by atoms with Gasteiger partial charge in [-0.2, -0.15) is 0 Å². The van der Waals surface area contributed by atoms with Gasteiger partial charge in [0.2, 0.25) is 5.91 Å². The second-order valence-electron chi connectivity index (χ2n) is 5.56. The Bertz CT molecular complexity index is 620. The minimum absolute atomic E-state index is 0.251. The quantitative estimate of drug-likeness (QED) is 0.887. The zero-order chi connectivity index (χ0) is 15.4. The molecule has 5 nitrogen and oxygen atoms in total. The number of hydrogen-bond acceptors (Lipinski definition) is 5. The van der Waals surface area contributed by atoms with E-state index in [0.29, 0.717) is 12.6 Å². The molecule has 2 heterocycles. The third-order valence-corrected chi connectivity index (χ3v) is 4.84. The van der Waals surface area contributed by atoms with Crippen molar-refractivity contribution >= 4 is 22.4 Å². The van der Waals surface area contributed by atoms with Gasteiger partial charge in [0, 0.05) is 25.3 Å². The molecule has 1 aromatic carbocycles. The van der Waals surface area contributed by atoms with Gasteiger partial charge in [0.25, 0.3) is 0 Å². The number of nitrogens with zero attached hydrogens (tertiary/aromatic N) is 2. The number of rotatable bonds is 5. The lowest BCUT2D eigenvalue weighted by atomic mass is 10.1. The molecule has 22 heavy (non-hydrogen) atoms. The molecule has 6 heteroatoms. The number of carbonyl (C=O) groups is 1. The van der Waals surface area contributed by atoms with Gasteiger partial charge < -0.3 is 11.1 Å². The number of amides is 1. The van der Waals surface area contributed by atoms with Gasteiger partial charge in [0.15, 0.2) is 5.13 Å². The van der Waals surface area contributed by atoms with E-state index in [0.717, 1.165) is 31.1 Å². The Labute approximate surface area is 134 Å². The predicted octanol–water partition coefficient (Wildman–Crippen LogP) is 2.17. The molecule has 1 aliphatic heterocycles. The predicted molar refractivity (Wildman–Crippen MR) is 89.8 cm³/mol. The number of hydrogen-bond donors (Lipinski definition) is 2. The molecule has 1 amide bonds. The van der Waals surface area contributed by atoms with Crippen molar-refractivity contribution in [1.82, 2.24) is 9.88 Å². The maximum absolute atomic E-state index is 10.9. The highest BCUT2D eigenvalue weighted by molar-refractivity contribution is 7.18. The van der Waals surface area contributed by atoms with E-state index in [1.165, 1.54) is 10.4 Å². The molecule has 0 bridgehead atoms. The van der Waals surface area contributed by atoms with Crippen LogP contribution in [0.3, 0.4) is 0 Å². The van der Waals surface area contributed by atoms with Crippen LogP contribution in [0.4, 0.5) is 5.13 Å². The van der Waals surface area contributed by atoms with Crippen molar-refractivity contribution < 1.29 is 4.79 Å². The van der Waals surface area contributed by atoms with Crippen LogP contribution in [0, 0.1) is 0 Å². The normalized spacial score (nSPS) is 16.5. The molecular formula is C16H20N4OS. The number of carbonyl (C=O) groups excluding carboxylic acids is 1. The monoisotopic (exact) mass is 316 g/mol. The van der Waals surface area contributed by atoms with Crippen LogP contribution in [0.25, 0.3) is 10.4 Å². The highest BCUT2D eigenvalue weighted by atomic mass is 32.1. The van der Waals surface area contributed by atoms with Gasteiger partial charge in [0.1, 0.15) is 0 Å². The Hall–Kier alpha value is -1.92. The van der Waals surface area contributed by atoms with Gasteiger partial charge in [-0.15, -0.1) is 0 Å². The number of anilines is 1. The third-order valence-electron chi connectivity index (χ3n) is 3.86. The lowest BCUT2D eigenvalue weighted by molar-refractivity contribution is -0.119. The topological polar surface area (TPSA) is 71.2 Å². The summed E-state index contributed by atoms with van der Waals surface area (Å²) in [6, 6.07) is 10.7. The molecule has 0 aliphatic carbocycles. The van der Waals surface area contributed by atoms with E-state index in [9.17, 15) is 4.79 Å². The first-order valence-corrected chi connectivity index (χ1v) is 8.31. The Morgan fingerprint density at radius 3 is 2.73 bits per heavy atom. The zero-order valence-corrected chi connectivity index (χ0v) is 13.2. The summed E-state index contributed by atoms with van der Waals surface area (Å²) in [5.41, 5.74) is 6.43. The summed E-state index contributed by atoms with van der Waals surface area (Å²) < 4.78 is 0. The van der Waals surface area contributed by atoms with E-state index in [1.54, 1.807) is 11.3 Å². The molecule has 1 aliphatic rings. The Balaban J connectivity index is 1.55. The second kappa shape index (κ2) is 6.89. The number of thiazole rings is 1. The van der Waals surface area contributed by atoms with Gasteiger partial charge >= 0.3 is 0 Å². The Kier molecular flexibility index (Phi) is 4.70. The summed E-state index contributed by atoms with van der Waals surface area (Å²) in [6.07, 6.45) is 3.94. The van der Waals surface area contributed by atoms with E-state index in [2.05, 4.69) is 27.3 Å². The molecule has 0 spiro atoms. The van der Waals surface area contributed by atoms with Crippen LogP contribution in [0.2, 0.25) is 0 Å².